The molecule has 2 atom stereocenters. The molecule has 5 heteroatoms. The Morgan fingerprint density at radius 1 is 1.25 bits per heavy atom. The van der Waals surface area contributed by atoms with Gasteiger partial charge >= 0.3 is 5.97 Å². The molecule has 3 rings (SSSR count). The summed E-state index contributed by atoms with van der Waals surface area (Å²) >= 11 is 0. The maximum absolute atomic E-state index is 12.3. The Morgan fingerprint density at radius 2 is 2.07 bits per heavy atom. The molecule has 28 heavy (non-hydrogen) atoms. The number of hydrogen-bond donors (Lipinski definition) is 2. The van der Waals surface area contributed by atoms with Gasteiger partial charge in [-0.25, -0.2) is 0 Å². The third kappa shape index (κ3) is 4.77. The van der Waals surface area contributed by atoms with E-state index in [1.54, 1.807) is 18.2 Å². The summed E-state index contributed by atoms with van der Waals surface area (Å²) in [6.45, 7) is 5.30. The summed E-state index contributed by atoms with van der Waals surface area (Å²) in [5.41, 5.74) is 9.28. The zero-order valence-electron chi connectivity index (χ0n) is 16.6. The molecule has 0 bridgehead atoms. The molecule has 1 heterocycles. The number of carbonyl (C=O) groups excluding carboxylic acids is 1. The minimum atomic E-state index is -0.228. The second-order valence-corrected chi connectivity index (χ2v) is 7.58. The molecule has 1 aliphatic rings. The van der Waals surface area contributed by atoms with E-state index in [9.17, 15) is 9.90 Å². The second kappa shape index (κ2) is 9.00. The topological polar surface area (TPSA) is 81.8 Å². The number of esters is 1. The molecule has 0 radical (unpaired) electrons. The molecule has 0 amide bonds. The Morgan fingerprint density at radius 3 is 2.82 bits per heavy atom. The van der Waals surface area contributed by atoms with Gasteiger partial charge in [0.05, 0.1) is 24.8 Å². The first kappa shape index (κ1) is 20.1. The van der Waals surface area contributed by atoms with Gasteiger partial charge in [0, 0.05) is 5.92 Å². The first-order valence-electron chi connectivity index (χ1n) is 9.95. The number of unbranched alkanes of at least 4 members (excludes halogenated alkanes) is 1. The fourth-order valence-corrected chi connectivity index (χ4v) is 3.58. The Kier molecular flexibility index (Phi) is 6.45. The van der Waals surface area contributed by atoms with Gasteiger partial charge in [-0.3, -0.25) is 4.79 Å². The van der Waals surface area contributed by atoms with Gasteiger partial charge in [0.15, 0.2) is 0 Å². The monoisotopic (exact) mass is 383 g/mol. The van der Waals surface area contributed by atoms with Crippen LogP contribution in [0, 0.1) is 12.8 Å². The van der Waals surface area contributed by atoms with E-state index < -0.39 is 0 Å². The molecule has 5 nitrogen and oxygen atoms in total. The molecule has 1 saturated heterocycles. The molecule has 2 aromatic carbocycles. The third-order valence-electron chi connectivity index (χ3n) is 5.34. The van der Waals surface area contributed by atoms with Crippen LogP contribution in [0.25, 0.3) is 0 Å². The lowest BCUT2D eigenvalue weighted by molar-refractivity contribution is -0.154. The van der Waals surface area contributed by atoms with Crippen molar-refractivity contribution in [3.8, 4) is 11.5 Å². The number of hydrogen-bond acceptors (Lipinski definition) is 5. The number of rotatable bonds is 7. The van der Waals surface area contributed by atoms with E-state index in [0.29, 0.717) is 25.3 Å². The lowest BCUT2D eigenvalue weighted by Crippen LogP contribution is -2.31. The van der Waals surface area contributed by atoms with Crippen molar-refractivity contribution < 1.29 is 19.4 Å². The summed E-state index contributed by atoms with van der Waals surface area (Å²) in [6.07, 6.45) is 3.39. The highest BCUT2D eigenvalue weighted by Crippen LogP contribution is 2.34. The zero-order valence-corrected chi connectivity index (χ0v) is 16.6. The van der Waals surface area contributed by atoms with Crippen LogP contribution in [0.4, 0.5) is 5.69 Å². The average Bonchev–Trinajstić information content (AvgIpc) is 2.68. The van der Waals surface area contributed by atoms with Crippen molar-refractivity contribution in [3.05, 3.63) is 53.1 Å². The van der Waals surface area contributed by atoms with Gasteiger partial charge in [-0.05, 0) is 61.1 Å². The summed E-state index contributed by atoms with van der Waals surface area (Å²) in [4.78, 5) is 12.3. The number of phenols is 1. The van der Waals surface area contributed by atoms with Crippen molar-refractivity contribution in [1.82, 2.24) is 0 Å². The van der Waals surface area contributed by atoms with Crippen molar-refractivity contribution in [2.75, 3.05) is 18.9 Å². The van der Waals surface area contributed by atoms with Gasteiger partial charge in [-0.1, -0.05) is 31.5 Å². The van der Waals surface area contributed by atoms with Crippen LogP contribution in [0.15, 0.2) is 36.4 Å². The molecule has 3 N–H and O–H groups in total. The minimum Gasteiger partial charge on any atom is -0.506 e. The van der Waals surface area contributed by atoms with Gasteiger partial charge in [0.25, 0.3) is 0 Å². The van der Waals surface area contributed by atoms with Crippen molar-refractivity contribution in [2.24, 2.45) is 5.92 Å². The van der Waals surface area contributed by atoms with Crippen molar-refractivity contribution in [2.45, 2.75) is 45.4 Å². The van der Waals surface area contributed by atoms with Gasteiger partial charge in [-0.15, -0.1) is 0 Å². The lowest BCUT2D eigenvalue weighted by Gasteiger charge is -2.29. The van der Waals surface area contributed by atoms with Gasteiger partial charge < -0.3 is 20.3 Å². The maximum atomic E-state index is 12.3. The zero-order chi connectivity index (χ0) is 20.1. The summed E-state index contributed by atoms with van der Waals surface area (Å²) < 4.78 is 11.4. The number of nitrogen functional groups attached to an aromatic ring is 1. The van der Waals surface area contributed by atoms with Gasteiger partial charge in [0.2, 0.25) is 0 Å². The van der Waals surface area contributed by atoms with E-state index in [1.165, 1.54) is 0 Å². The normalized spacial score (nSPS) is 19.3. The maximum Gasteiger partial charge on any atom is 0.309 e. The number of phenolic OH excluding ortho intramolecular Hbond substituents is 1. The average molecular weight is 383 g/mol. The highest BCUT2D eigenvalue weighted by Gasteiger charge is 2.31. The van der Waals surface area contributed by atoms with Crippen molar-refractivity contribution in [1.29, 1.82) is 0 Å². The van der Waals surface area contributed by atoms with Crippen molar-refractivity contribution in [3.63, 3.8) is 0 Å². The minimum absolute atomic E-state index is 0.0584. The standard InChI is InChI=1S/C23H29NO4/c1-3-4-9-27-22-13-17(7-5-15(22)2)19-12-18(23(26)28-14-19)10-16-6-8-21(25)20(24)11-16/h5-8,11,13,18-19,25H,3-4,9-10,12,14,24H2,1-2H3/t18?,19-/m1/s1. The third-order valence-corrected chi connectivity index (χ3v) is 5.34. The fourth-order valence-electron chi connectivity index (χ4n) is 3.58. The van der Waals surface area contributed by atoms with Crippen LogP contribution in [0.1, 0.15) is 48.8 Å². The summed E-state index contributed by atoms with van der Waals surface area (Å²) in [5.74, 6) is 0.711. The smallest absolute Gasteiger partial charge is 0.309 e. The largest absolute Gasteiger partial charge is 0.506 e. The Balaban J connectivity index is 1.72. The molecule has 0 saturated carbocycles. The number of carbonyl (C=O) groups is 1. The first-order chi connectivity index (χ1) is 13.5. The van der Waals surface area contributed by atoms with E-state index >= 15 is 0 Å². The van der Waals surface area contributed by atoms with E-state index in [-0.39, 0.29) is 23.6 Å². The predicted molar refractivity (Wildman–Crippen MR) is 110 cm³/mol. The highest BCUT2D eigenvalue weighted by molar-refractivity contribution is 5.74. The molecule has 1 fully saturated rings. The van der Waals surface area contributed by atoms with Crippen LogP contribution in [-0.2, 0) is 16.0 Å². The summed E-state index contributed by atoms with van der Waals surface area (Å²) in [7, 11) is 0. The SMILES string of the molecule is CCCCOc1cc([C@H]2COC(=O)C(Cc3ccc(O)c(N)c3)C2)ccc1C. The highest BCUT2D eigenvalue weighted by atomic mass is 16.5. The molecular formula is C23H29NO4. The van der Waals surface area contributed by atoms with Crippen LogP contribution in [-0.4, -0.2) is 24.3 Å². The first-order valence-corrected chi connectivity index (χ1v) is 9.95. The Bertz CT molecular complexity index is 833. The number of nitrogens with two attached hydrogens (primary N) is 1. The second-order valence-electron chi connectivity index (χ2n) is 7.58. The molecule has 0 aromatic heterocycles. The van der Waals surface area contributed by atoms with Crippen LogP contribution in [0.5, 0.6) is 11.5 Å². The summed E-state index contributed by atoms with van der Waals surface area (Å²) in [5, 5.41) is 9.59. The number of benzene rings is 2. The molecule has 2 aromatic rings. The van der Waals surface area contributed by atoms with Crippen LogP contribution < -0.4 is 10.5 Å². The van der Waals surface area contributed by atoms with Gasteiger partial charge in [-0.2, -0.15) is 0 Å². The van der Waals surface area contributed by atoms with E-state index in [2.05, 4.69) is 25.1 Å². The van der Waals surface area contributed by atoms with E-state index in [1.807, 2.05) is 6.92 Å². The Hall–Kier alpha value is -2.69. The molecule has 1 aliphatic heterocycles. The lowest BCUT2D eigenvalue weighted by atomic mass is 9.84. The van der Waals surface area contributed by atoms with Crippen LogP contribution >= 0.6 is 0 Å². The summed E-state index contributed by atoms with van der Waals surface area (Å²) in [6, 6.07) is 11.3. The van der Waals surface area contributed by atoms with Crippen LogP contribution in [0.2, 0.25) is 0 Å². The molecule has 0 spiro atoms. The fraction of sp³-hybridized carbons (Fsp3) is 0.435. The molecule has 0 aliphatic carbocycles. The van der Waals surface area contributed by atoms with Gasteiger partial charge in [0.1, 0.15) is 11.5 Å². The number of cyclic esters (lactones) is 1. The Labute approximate surface area is 166 Å². The van der Waals surface area contributed by atoms with Crippen molar-refractivity contribution >= 4 is 11.7 Å². The van der Waals surface area contributed by atoms with E-state index in [0.717, 1.165) is 41.7 Å². The van der Waals surface area contributed by atoms with E-state index in [4.69, 9.17) is 15.2 Å². The number of ether oxygens (including phenoxy) is 2. The predicted octanol–water partition coefficient (Wildman–Crippen LogP) is 4.35. The number of aromatic hydroxyl groups is 1. The number of aryl methyl sites for hydroxylation is 1. The molecular weight excluding hydrogens is 354 g/mol. The molecule has 150 valence electrons. The number of anilines is 1. The quantitative estimate of drug-likeness (QED) is 0.321. The van der Waals surface area contributed by atoms with Crippen LogP contribution in [0.3, 0.4) is 0 Å². The molecule has 1 unspecified atom stereocenters.